The molecule has 4 aromatic carbocycles. The van der Waals surface area contributed by atoms with Crippen molar-refractivity contribution in [2.45, 2.75) is 18.4 Å². The first-order valence-corrected chi connectivity index (χ1v) is 11.3. The van der Waals surface area contributed by atoms with Crippen LogP contribution in [0, 0.1) is 0 Å². The first-order chi connectivity index (χ1) is 18.4. The Bertz CT molecular complexity index is 1760. The smallest absolute Gasteiger partial charge is 0.335 e. The van der Waals surface area contributed by atoms with Crippen LogP contribution in [0.25, 0.3) is 10.8 Å². The largest absolute Gasteiger partial charge is 0.508 e. The normalized spacial score (nSPS) is 16.4. The van der Waals surface area contributed by atoms with Crippen molar-refractivity contribution in [3.63, 3.8) is 0 Å². The molecule has 200 valence electrons. The number of hydrogen-bond acceptors (Lipinski definition) is 11. The first-order valence-electron chi connectivity index (χ1n) is 11.3. The number of carboxylic acid groups (broad SMARTS) is 1. The molecule has 1 aliphatic heterocycles. The predicted molar refractivity (Wildman–Crippen MR) is 133 cm³/mol. The Hall–Kier alpha value is -5.52. The van der Waals surface area contributed by atoms with Crippen molar-refractivity contribution < 1.29 is 55.5 Å². The molecule has 1 heterocycles. The van der Waals surface area contributed by atoms with Crippen LogP contribution in [0.2, 0.25) is 0 Å². The van der Waals surface area contributed by atoms with E-state index in [2.05, 4.69) is 0 Å². The molecule has 0 saturated carbocycles. The molecular formula is C27H20O12. The van der Waals surface area contributed by atoms with Crippen molar-refractivity contribution in [3.05, 3.63) is 74.9 Å². The molecule has 0 aromatic heterocycles. The Labute approximate surface area is 217 Å². The van der Waals surface area contributed by atoms with E-state index in [4.69, 9.17) is 4.74 Å². The lowest BCUT2D eigenvalue weighted by Crippen LogP contribution is -2.25. The fourth-order valence-electron chi connectivity index (χ4n) is 4.91. The van der Waals surface area contributed by atoms with Crippen molar-refractivity contribution in [1.82, 2.24) is 0 Å². The Morgan fingerprint density at radius 3 is 2.15 bits per heavy atom. The van der Waals surface area contributed by atoms with Crippen molar-refractivity contribution >= 4 is 16.7 Å². The average Bonchev–Trinajstić information content (AvgIpc) is 3.00. The minimum absolute atomic E-state index is 0.0204. The number of carboxylic acids is 1. The van der Waals surface area contributed by atoms with Crippen LogP contribution in [-0.2, 0) is 6.42 Å². The maximum atomic E-state index is 13.0. The molecule has 1 aliphatic rings. The van der Waals surface area contributed by atoms with Gasteiger partial charge in [0.2, 0.25) is 11.2 Å². The van der Waals surface area contributed by atoms with E-state index in [1.807, 2.05) is 0 Å². The molecular weight excluding hydrogens is 516 g/mol. The van der Waals surface area contributed by atoms with E-state index in [1.165, 1.54) is 12.1 Å². The summed E-state index contributed by atoms with van der Waals surface area (Å²) < 4.78 is 6.06. The number of rotatable bonds is 3. The second-order valence-corrected chi connectivity index (χ2v) is 9.05. The maximum absolute atomic E-state index is 13.0. The zero-order valence-corrected chi connectivity index (χ0v) is 19.7. The van der Waals surface area contributed by atoms with Gasteiger partial charge in [0, 0.05) is 29.2 Å². The SMILES string of the molecule is O=C(O)c1cc(O)c(=O)c2c(O)c(O)c(O)c([C@H]3Cc4c(O)cc(O)cc4O[C@H]3c3ccc(O)c(O)c3)c2c1. The van der Waals surface area contributed by atoms with Crippen LogP contribution in [0.3, 0.4) is 0 Å². The monoisotopic (exact) mass is 536 g/mol. The zero-order chi connectivity index (χ0) is 28.3. The third-order valence-corrected chi connectivity index (χ3v) is 6.71. The Morgan fingerprint density at radius 2 is 1.49 bits per heavy atom. The Balaban J connectivity index is 1.91. The fraction of sp³-hybridized carbons (Fsp3) is 0.111. The van der Waals surface area contributed by atoms with E-state index in [0.717, 1.165) is 24.3 Å². The molecule has 12 nitrogen and oxygen atoms in total. The average molecular weight is 536 g/mol. The van der Waals surface area contributed by atoms with E-state index in [0.29, 0.717) is 6.07 Å². The van der Waals surface area contributed by atoms with Crippen LogP contribution in [0.15, 0.2) is 47.3 Å². The van der Waals surface area contributed by atoms with Gasteiger partial charge in [-0.3, -0.25) is 4.79 Å². The number of hydrogen-bond donors (Lipinski definition) is 9. The van der Waals surface area contributed by atoms with E-state index in [1.54, 1.807) is 0 Å². The number of benzene rings is 3. The van der Waals surface area contributed by atoms with Crippen LogP contribution in [0.5, 0.6) is 51.7 Å². The topological polar surface area (TPSA) is 225 Å². The van der Waals surface area contributed by atoms with Crippen LogP contribution in [-0.4, -0.2) is 51.9 Å². The summed E-state index contributed by atoms with van der Waals surface area (Å²) >= 11 is 0. The lowest BCUT2D eigenvalue weighted by Gasteiger charge is -2.35. The van der Waals surface area contributed by atoms with Crippen LogP contribution in [0.4, 0.5) is 0 Å². The number of aromatic hydroxyl groups is 8. The van der Waals surface area contributed by atoms with Gasteiger partial charge < -0.3 is 50.7 Å². The number of carbonyl (C=O) groups is 1. The van der Waals surface area contributed by atoms with Gasteiger partial charge >= 0.3 is 5.97 Å². The highest BCUT2D eigenvalue weighted by molar-refractivity contribution is 6.00. The molecule has 4 aromatic rings. The minimum atomic E-state index is -1.56. The lowest BCUT2D eigenvalue weighted by atomic mass is 9.79. The predicted octanol–water partition coefficient (Wildman–Crippen LogP) is 3.00. The highest BCUT2D eigenvalue weighted by atomic mass is 16.5. The molecule has 12 heteroatoms. The number of ether oxygens (including phenoxy) is 1. The number of phenols is 7. The first kappa shape index (κ1) is 25.1. The second kappa shape index (κ2) is 8.80. The standard InChI is InChI=1S/C27H20O12/c28-11-6-16(30)12-8-14(26(39-19(12)7-11)9-1-2-15(29)17(31)4-9)20-13-3-10(27(37)38)5-18(32)22(33)21(13)24(35)25(36)23(20)34/h1-7,14,26,28-31,34-36H,8H2,(H,32,33)(H,37,38)/t14-,26+/m1/s1. The third-order valence-electron chi connectivity index (χ3n) is 6.71. The molecule has 0 unspecified atom stereocenters. The molecule has 0 radical (unpaired) electrons. The van der Waals surface area contributed by atoms with Gasteiger partial charge in [-0.15, -0.1) is 0 Å². The van der Waals surface area contributed by atoms with Gasteiger partial charge in [0.05, 0.1) is 10.9 Å². The number of fused-ring (bicyclic) bond motifs is 2. The molecule has 9 N–H and O–H groups in total. The van der Waals surface area contributed by atoms with E-state index >= 15 is 0 Å². The summed E-state index contributed by atoms with van der Waals surface area (Å²) in [5, 5.41) is 91.4. The summed E-state index contributed by atoms with van der Waals surface area (Å²) in [4.78, 5) is 24.8. The lowest BCUT2D eigenvalue weighted by molar-refractivity contribution is 0.0696. The van der Waals surface area contributed by atoms with Gasteiger partial charge in [0.1, 0.15) is 23.4 Å². The molecule has 5 rings (SSSR count). The van der Waals surface area contributed by atoms with Gasteiger partial charge in [-0.05, 0) is 41.6 Å². The van der Waals surface area contributed by atoms with Crippen molar-refractivity contribution in [2.24, 2.45) is 0 Å². The van der Waals surface area contributed by atoms with Crippen LogP contribution >= 0.6 is 0 Å². The van der Waals surface area contributed by atoms with E-state index in [9.17, 15) is 55.5 Å². The van der Waals surface area contributed by atoms with Crippen molar-refractivity contribution in [3.8, 4) is 51.7 Å². The summed E-state index contributed by atoms with van der Waals surface area (Å²) in [6.07, 6.45) is -1.40. The summed E-state index contributed by atoms with van der Waals surface area (Å²) in [6.45, 7) is 0. The van der Waals surface area contributed by atoms with E-state index < -0.39 is 74.6 Å². The Kier molecular flexibility index (Phi) is 5.67. The van der Waals surface area contributed by atoms with Crippen molar-refractivity contribution in [1.29, 1.82) is 0 Å². The number of aromatic carboxylic acids is 1. The highest BCUT2D eigenvalue weighted by Crippen LogP contribution is 2.55. The van der Waals surface area contributed by atoms with Gasteiger partial charge in [0.15, 0.2) is 28.7 Å². The van der Waals surface area contributed by atoms with Gasteiger partial charge in [-0.1, -0.05) is 6.07 Å². The maximum Gasteiger partial charge on any atom is 0.335 e. The minimum Gasteiger partial charge on any atom is -0.508 e. The molecule has 0 aliphatic carbocycles. The van der Waals surface area contributed by atoms with Crippen molar-refractivity contribution in [2.75, 3.05) is 0 Å². The van der Waals surface area contributed by atoms with Crippen LogP contribution < -0.4 is 10.2 Å². The molecule has 0 spiro atoms. The summed E-state index contributed by atoms with van der Waals surface area (Å²) in [5.41, 5.74) is -1.77. The molecule has 39 heavy (non-hydrogen) atoms. The van der Waals surface area contributed by atoms with Crippen LogP contribution in [0.1, 0.15) is 39.1 Å². The number of phenolic OH excluding ortho intramolecular Hbond substituents is 7. The quantitative estimate of drug-likeness (QED) is 0.172. The summed E-state index contributed by atoms with van der Waals surface area (Å²) in [6, 6.07) is 7.49. The summed E-state index contributed by atoms with van der Waals surface area (Å²) in [5.74, 6) is -8.65. The Morgan fingerprint density at radius 1 is 0.769 bits per heavy atom. The van der Waals surface area contributed by atoms with Gasteiger partial charge in [-0.2, -0.15) is 0 Å². The molecule has 2 atom stereocenters. The van der Waals surface area contributed by atoms with Gasteiger partial charge in [-0.25, -0.2) is 4.79 Å². The summed E-state index contributed by atoms with van der Waals surface area (Å²) in [7, 11) is 0. The second-order valence-electron chi connectivity index (χ2n) is 9.05. The molecule has 0 fully saturated rings. The third kappa shape index (κ3) is 3.94. The molecule has 0 amide bonds. The highest BCUT2D eigenvalue weighted by Gasteiger charge is 2.39. The van der Waals surface area contributed by atoms with E-state index in [-0.39, 0.29) is 40.0 Å². The fourth-order valence-corrected chi connectivity index (χ4v) is 4.91. The molecule has 0 saturated heterocycles. The zero-order valence-electron chi connectivity index (χ0n) is 19.7. The van der Waals surface area contributed by atoms with Gasteiger partial charge in [0.25, 0.3) is 0 Å². The molecule has 0 bridgehead atoms.